The zero-order valence-electron chi connectivity index (χ0n) is 25.7. The van der Waals surface area contributed by atoms with Gasteiger partial charge >= 0.3 is 0 Å². The van der Waals surface area contributed by atoms with Crippen LogP contribution in [0.5, 0.6) is 0 Å². The van der Waals surface area contributed by atoms with Crippen LogP contribution < -0.4 is 9.80 Å². The molecule has 0 radical (unpaired) electrons. The lowest BCUT2D eigenvalue weighted by molar-refractivity contribution is -0.00515. The molecule has 0 spiro atoms. The van der Waals surface area contributed by atoms with Crippen molar-refractivity contribution in [2.24, 2.45) is 17.8 Å². The summed E-state index contributed by atoms with van der Waals surface area (Å²) in [5.74, 6) is 0.543. The Morgan fingerprint density at radius 2 is 0.745 bits per heavy atom. The van der Waals surface area contributed by atoms with Gasteiger partial charge in [-0.3, -0.25) is 0 Å². The van der Waals surface area contributed by atoms with Crippen LogP contribution in [0.25, 0.3) is 0 Å². The van der Waals surface area contributed by atoms with Crippen LogP contribution in [0.1, 0.15) is 44.1 Å². The average Bonchev–Trinajstić information content (AvgIpc) is 3.05. The second-order valence-corrected chi connectivity index (χ2v) is 14.0. The summed E-state index contributed by atoms with van der Waals surface area (Å²) in [6, 6.07) is 29.0. The molecule has 4 aliphatic rings. The molecule has 5 aromatic rings. The predicted octanol–water partition coefficient (Wildman–Crippen LogP) is 12.3. The Morgan fingerprint density at radius 1 is 0.468 bits per heavy atom. The quantitative estimate of drug-likeness (QED) is 0.161. The van der Waals surface area contributed by atoms with Crippen molar-refractivity contribution in [1.29, 1.82) is 0 Å². The van der Waals surface area contributed by atoms with Crippen molar-refractivity contribution in [2.75, 3.05) is 9.80 Å². The van der Waals surface area contributed by atoms with Gasteiger partial charge in [-0.05, 0) is 176 Å². The summed E-state index contributed by atoms with van der Waals surface area (Å²) in [7, 11) is 0. The average molecular weight is 653 g/mol. The molecule has 4 fully saturated rings. The summed E-state index contributed by atoms with van der Waals surface area (Å²) in [5, 5.41) is 0.390. The molecule has 0 unspecified atom stereocenters. The number of halogens is 5. The molecule has 7 heteroatoms. The van der Waals surface area contributed by atoms with Gasteiger partial charge in [0.05, 0.1) is 16.4 Å². The van der Waals surface area contributed by atoms with E-state index in [1.54, 1.807) is 48.5 Å². The van der Waals surface area contributed by atoms with Crippen LogP contribution in [-0.2, 0) is 5.41 Å². The lowest BCUT2D eigenvalue weighted by Gasteiger charge is -2.57. The van der Waals surface area contributed by atoms with Crippen LogP contribution in [0.15, 0.2) is 109 Å². The van der Waals surface area contributed by atoms with Crippen LogP contribution in [0.3, 0.4) is 0 Å². The summed E-state index contributed by atoms with van der Waals surface area (Å²) in [6.07, 6.45) is 7.13. The van der Waals surface area contributed by atoms with E-state index in [2.05, 4.69) is 12.1 Å². The second kappa shape index (κ2) is 11.7. The first kappa shape index (κ1) is 30.1. The standard InChI is InChI=1S/C40H33ClF4N2/c41-39-37(46(33-9-1-29(42)2-10-33)34-11-3-30(43)4-12-34)20-28(40-22-25-17-26(23-40)19-27(18-25)24-40)21-38(39)47(35-13-5-31(44)6-14-35)36-15-7-32(45)8-16-36/h1-16,20-21,25-27H,17-19,22-24H2. The summed E-state index contributed by atoms with van der Waals surface area (Å²) >= 11 is 7.52. The van der Waals surface area contributed by atoms with Crippen LogP contribution in [-0.4, -0.2) is 0 Å². The Kier molecular flexibility index (Phi) is 7.52. The minimum Gasteiger partial charge on any atom is -0.309 e. The van der Waals surface area contributed by atoms with E-state index in [1.807, 2.05) is 9.80 Å². The minimum absolute atomic E-state index is 0.0443. The van der Waals surface area contributed by atoms with E-state index in [9.17, 15) is 17.6 Å². The van der Waals surface area contributed by atoms with Crippen LogP contribution in [0.4, 0.5) is 51.7 Å². The van der Waals surface area contributed by atoms with Crippen molar-refractivity contribution in [2.45, 2.75) is 43.9 Å². The molecule has 0 saturated heterocycles. The normalized spacial score (nSPS) is 22.8. The van der Waals surface area contributed by atoms with Crippen molar-refractivity contribution < 1.29 is 17.6 Å². The third-order valence-corrected chi connectivity index (χ3v) is 10.9. The van der Waals surface area contributed by atoms with Gasteiger partial charge in [0.1, 0.15) is 23.3 Å². The van der Waals surface area contributed by atoms with Gasteiger partial charge in [0.2, 0.25) is 0 Å². The summed E-state index contributed by atoms with van der Waals surface area (Å²) in [5.41, 5.74) is 5.05. The third kappa shape index (κ3) is 5.57. The van der Waals surface area contributed by atoms with E-state index >= 15 is 0 Å². The van der Waals surface area contributed by atoms with Gasteiger partial charge in [0, 0.05) is 22.7 Å². The van der Waals surface area contributed by atoms with Gasteiger partial charge in [-0.25, -0.2) is 17.6 Å². The van der Waals surface area contributed by atoms with Crippen molar-refractivity contribution in [3.05, 3.63) is 143 Å². The molecule has 47 heavy (non-hydrogen) atoms. The molecule has 0 heterocycles. The van der Waals surface area contributed by atoms with Crippen LogP contribution in [0, 0.1) is 41.0 Å². The summed E-state index contributed by atoms with van der Waals surface area (Å²) in [4.78, 5) is 3.87. The van der Waals surface area contributed by atoms with Gasteiger partial charge in [0.15, 0.2) is 0 Å². The molecule has 4 bridgehead atoms. The maximum absolute atomic E-state index is 14.2. The molecular weight excluding hydrogens is 620 g/mol. The van der Waals surface area contributed by atoms with E-state index < -0.39 is 0 Å². The second-order valence-electron chi connectivity index (χ2n) is 13.6. The highest BCUT2D eigenvalue weighted by molar-refractivity contribution is 6.36. The highest BCUT2D eigenvalue weighted by Gasteiger charge is 2.52. The Bertz CT molecular complexity index is 1660. The molecule has 0 aromatic heterocycles. The Morgan fingerprint density at radius 3 is 1.02 bits per heavy atom. The Labute approximate surface area is 277 Å². The lowest BCUT2D eigenvalue weighted by Crippen LogP contribution is -2.48. The zero-order chi connectivity index (χ0) is 32.3. The van der Waals surface area contributed by atoms with Crippen LogP contribution in [0.2, 0.25) is 5.02 Å². The van der Waals surface area contributed by atoms with E-state index in [4.69, 9.17) is 11.6 Å². The van der Waals surface area contributed by atoms with E-state index in [-0.39, 0.29) is 28.7 Å². The van der Waals surface area contributed by atoms with Crippen LogP contribution >= 0.6 is 11.6 Å². The van der Waals surface area contributed by atoms with Gasteiger partial charge in [-0.1, -0.05) is 11.6 Å². The molecule has 5 aromatic carbocycles. The number of rotatable bonds is 7. The monoisotopic (exact) mass is 652 g/mol. The van der Waals surface area contributed by atoms with Crippen molar-refractivity contribution in [3.8, 4) is 0 Å². The highest BCUT2D eigenvalue weighted by Crippen LogP contribution is 2.62. The number of hydrogen-bond donors (Lipinski definition) is 0. The topological polar surface area (TPSA) is 6.48 Å². The molecule has 0 amide bonds. The number of nitrogens with zero attached hydrogens (tertiary/aromatic N) is 2. The van der Waals surface area contributed by atoms with Crippen molar-refractivity contribution in [1.82, 2.24) is 0 Å². The molecule has 4 saturated carbocycles. The SMILES string of the molecule is Fc1ccc(N(c2ccc(F)cc2)c2cc(C34CC5CC(CC(C5)C3)C4)cc(N(c3ccc(F)cc3)c3ccc(F)cc3)c2Cl)cc1. The van der Waals surface area contributed by atoms with Gasteiger partial charge in [-0.15, -0.1) is 0 Å². The fourth-order valence-corrected chi connectivity index (χ4v) is 9.18. The molecule has 238 valence electrons. The lowest BCUT2D eigenvalue weighted by atomic mass is 9.48. The summed E-state index contributed by atoms with van der Waals surface area (Å²) in [6.45, 7) is 0. The van der Waals surface area contributed by atoms with E-state index in [0.29, 0.717) is 56.9 Å². The molecule has 0 N–H and O–H groups in total. The van der Waals surface area contributed by atoms with E-state index in [1.165, 1.54) is 67.8 Å². The highest BCUT2D eigenvalue weighted by atomic mass is 35.5. The fraction of sp³-hybridized carbons (Fsp3) is 0.250. The minimum atomic E-state index is -0.374. The van der Waals surface area contributed by atoms with Crippen molar-refractivity contribution in [3.63, 3.8) is 0 Å². The molecule has 9 rings (SSSR count). The maximum Gasteiger partial charge on any atom is 0.123 e. The largest absolute Gasteiger partial charge is 0.309 e. The predicted molar refractivity (Wildman–Crippen MR) is 180 cm³/mol. The smallest absolute Gasteiger partial charge is 0.123 e. The molecule has 0 atom stereocenters. The first-order valence-electron chi connectivity index (χ1n) is 16.2. The van der Waals surface area contributed by atoms with Gasteiger partial charge in [-0.2, -0.15) is 0 Å². The number of anilines is 6. The third-order valence-electron chi connectivity index (χ3n) is 10.5. The fourth-order valence-electron chi connectivity index (χ4n) is 8.91. The zero-order valence-corrected chi connectivity index (χ0v) is 26.4. The first-order valence-corrected chi connectivity index (χ1v) is 16.6. The van der Waals surface area contributed by atoms with Gasteiger partial charge < -0.3 is 9.80 Å². The van der Waals surface area contributed by atoms with Crippen molar-refractivity contribution >= 4 is 45.7 Å². The Hall–Kier alpha value is -4.29. The van der Waals surface area contributed by atoms with Gasteiger partial charge in [0.25, 0.3) is 0 Å². The van der Waals surface area contributed by atoms with E-state index in [0.717, 1.165) is 24.8 Å². The molecular formula is C40H33ClF4N2. The molecule has 2 nitrogen and oxygen atoms in total. The number of benzene rings is 5. The maximum atomic E-state index is 14.2. The molecule has 4 aliphatic carbocycles. The molecule has 0 aliphatic heterocycles. The Balaban J connectivity index is 1.40. The summed E-state index contributed by atoms with van der Waals surface area (Å²) < 4.78 is 56.9. The first-order chi connectivity index (χ1) is 22.7. The number of hydrogen-bond acceptors (Lipinski definition) is 2.